The highest BCUT2D eigenvalue weighted by atomic mass is 15.2. The fourth-order valence-electron chi connectivity index (χ4n) is 2.53. The molecular formula is C14H25N5. The largest absolute Gasteiger partial charge is 0.373 e. The third-order valence-electron chi connectivity index (χ3n) is 3.51. The Balaban J connectivity index is 1.97. The van der Waals surface area contributed by atoms with Crippen LogP contribution < -0.4 is 15.5 Å². The third kappa shape index (κ3) is 3.80. The fraction of sp³-hybridized carbons (Fsp3) is 0.714. The van der Waals surface area contributed by atoms with Crippen molar-refractivity contribution in [3.8, 4) is 0 Å². The van der Waals surface area contributed by atoms with E-state index >= 15 is 0 Å². The molecule has 1 fully saturated rings. The van der Waals surface area contributed by atoms with Gasteiger partial charge in [-0.15, -0.1) is 0 Å². The Bertz CT molecular complexity index is 393. The van der Waals surface area contributed by atoms with Gasteiger partial charge in [-0.05, 0) is 25.3 Å². The summed E-state index contributed by atoms with van der Waals surface area (Å²) in [6, 6.07) is 2.58. The highest BCUT2D eigenvalue weighted by Crippen LogP contribution is 2.24. The molecule has 106 valence electrons. The zero-order valence-corrected chi connectivity index (χ0v) is 12.2. The van der Waals surface area contributed by atoms with E-state index in [2.05, 4.69) is 39.3 Å². The Morgan fingerprint density at radius 1 is 1.42 bits per heavy atom. The Morgan fingerprint density at radius 3 is 3.00 bits per heavy atom. The smallest absolute Gasteiger partial charge is 0.134 e. The van der Waals surface area contributed by atoms with Crippen LogP contribution in [0.1, 0.15) is 26.7 Å². The highest BCUT2D eigenvalue weighted by molar-refractivity contribution is 5.49. The van der Waals surface area contributed by atoms with Gasteiger partial charge in [0.15, 0.2) is 0 Å². The lowest BCUT2D eigenvalue weighted by atomic mass is 10.2. The maximum atomic E-state index is 4.41. The topological polar surface area (TPSA) is 53.1 Å². The maximum absolute atomic E-state index is 4.41. The van der Waals surface area contributed by atoms with Crippen molar-refractivity contribution in [2.75, 3.05) is 36.9 Å². The summed E-state index contributed by atoms with van der Waals surface area (Å²) in [5.41, 5.74) is 0. The van der Waals surface area contributed by atoms with Crippen molar-refractivity contribution in [1.29, 1.82) is 0 Å². The van der Waals surface area contributed by atoms with Gasteiger partial charge in [-0.1, -0.05) is 13.8 Å². The van der Waals surface area contributed by atoms with Crippen LogP contribution in [0.25, 0.3) is 0 Å². The lowest BCUT2D eigenvalue weighted by Crippen LogP contribution is -2.39. The van der Waals surface area contributed by atoms with E-state index in [4.69, 9.17) is 0 Å². The molecule has 0 amide bonds. The Labute approximate surface area is 115 Å². The van der Waals surface area contributed by atoms with Gasteiger partial charge in [-0.2, -0.15) is 0 Å². The minimum absolute atomic E-state index is 0.554. The van der Waals surface area contributed by atoms with Crippen LogP contribution >= 0.6 is 0 Å². The van der Waals surface area contributed by atoms with Gasteiger partial charge in [0.05, 0.1) is 0 Å². The number of nitrogens with zero attached hydrogens (tertiary/aromatic N) is 3. The Kier molecular flexibility index (Phi) is 4.96. The second kappa shape index (κ2) is 6.70. The van der Waals surface area contributed by atoms with E-state index in [1.54, 1.807) is 6.33 Å². The second-order valence-corrected chi connectivity index (χ2v) is 5.55. The van der Waals surface area contributed by atoms with Crippen LogP contribution in [-0.2, 0) is 0 Å². The summed E-state index contributed by atoms with van der Waals surface area (Å²) in [7, 11) is 1.89. The van der Waals surface area contributed by atoms with Crippen LogP contribution in [0, 0.1) is 5.92 Å². The van der Waals surface area contributed by atoms with Gasteiger partial charge in [0.25, 0.3) is 0 Å². The van der Waals surface area contributed by atoms with Gasteiger partial charge >= 0.3 is 0 Å². The van der Waals surface area contributed by atoms with Crippen LogP contribution in [0.2, 0.25) is 0 Å². The molecule has 1 unspecified atom stereocenters. The highest BCUT2D eigenvalue weighted by Gasteiger charge is 2.25. The first kappa shape index (κ1) is 14.1. The van der Waals surface area contributed by atoms with E-state index in [0.717, 1.165) is 31.3 Å². The maximum Gasteiger partial charge on any atom is 0.134 e. The SMILES string of the molecule is CNc1cc(N2CCCC2CNCC(C)C)ncn1. The van der Waals surface area contributed by atoms with Gasteiger partial charge < -0.3 is 15.5 Å². The second-order valence-electron chi connectivity index (χ2n) is 5.55. The molecule has 0 aliphatic carbocycles. The van der Waals surface area contributed by atoms with Crippen molar-refractivity contribution in [2.45, 2.75) is 32.7 Å². The van der Waals surface area contributed by atoms with Crippen molar-refractivity contribution in [1.82, 2.24) is 15.3 Å². The molecule has 2 N–H and O–H groups in total. The van der Waals surface area contributed by atoms with Crippen molar-refractivity contribution in [3.05, 3.63) is 12.4 Å². The van der Waals surface area contributed by atoms with Crippen LogP contribution in [-0.4, -0.2) is 42.7 Å². The summed E-state index contributed by atoms with van der Waals surface area (Å²) in [6.45, 7) is 7.69. The van der Waals surface area contributed by atoms with E-state index < -0.39 is 0 Å². The summed E-state index contributed by atoms with van der Waals surface area (Å²) in [4.78, 5) is 11.0. The van der Waals surface area contributed by atoms with Crippen LogP contribution in [0.4, 0.5) is 11.6 Å². The standard InChI is InChI=1S/C14H25N5/c1-11(2)8-16-9-12-5-4-6-19(12)14-7-13(15-3)17-10-18-14/h7,10-12,16H,4-6,8-9H2,1-3H3,(H,15,17,18). The lowest BCUT2D eigenvalue weighted by Gasteiger charge is -2.26. The van der Waals surface area contributed by atoms with Crippen molar-refractivity contribution in [3.63, 3.8) is 0 Å². The van der Waals surface area contributed by atoms with Crippen LogP contribution in [0.3, 0.4) is 0 Å². The molecule has 1 aromatic rings. The van der Waals surface area contributed by atoms with E-state index in [1.165, 1.54) is 12.8 Å². The molecular weight excluding hydrogens is 238 g/mol. The molecule has 2 rings (SSSR count). The average molecular weight is 263 g/mol. The minimum atomic E-state index is 0.554. The van der Waals surface area contributed by atoms with Gasteiger partial charge in [0.2, 0.25) is 0 Å². The minimum Gasteiger partial charge on any atom is -0.373 e. The molecule has 19 heavy (non-hydrogen) atoms. The summed E-state index contributed by atoms with van der Waals surface area (Å²) >= 11 is 0. The number of hydrogen-bond acceptors (Lipinski definition) is 5. The molecule has 0 radical (unpaired) electrons. The first-order chi connectivity index (χ1) is 9.20. The molecule has 1 atom stereocenters. The molecule has 1 saturated heterocycles. The number of nitrogens with one attached hydrogen (secondary N) is 2. The number of anilines is 2. The normalized spacial score (nSPS) is 19.2. The van der Waals surface area contributed by atoms with Crippen LogP contribution in [0.5, 0.6) is 0 Å². The number of rotatable bonds is 6. The summed E-state index contributed by atoms with van der Waals surface area (Å²) in [5, 5.41) is 6.62. The van der Waals surface area contributed by atoms with Crippen LogP contribution in [0.15, 0.2) is 12.4 Å². The fourth-order valence-corrected chi connectivity index (χ4v) is 2.53. The van der Waals surface area contributed by atoms with Gasteiger partial charge in [0, 0.05) is 32.2 Å². The first-order valence-electron chi connectivity index (χ1n) is 7.18. The van der Waals surface area contributed by atoms with Gasteiger partial charge in [0.1, 0.15) is 18.0 Å². The van der Waals surface area contributed by atoms with E-state index in [1.807, 2.05) is 13.1 Å². The van der Waals surface area contributed by atoms with E-state index in [-0.39, 0.29) is 0 Å². The van der Waals surface area contributed by atoms with Crippen molar-refractivity contribution < 1.29 is 0 Å². The lowest BCUT2D eigenvalue weighted by molar-refractivity contribution is 0.511. The molecule has 5 nitrogen and oxygen atoms in total. The molecule has 0 aromatic carbocycles. The van der Waals surface area contributed by atoms with Crippen molar-refractivity contribution >= 4 is 11.6 Å². The van der Waals surface area contributed by atoms with Gasteiger partial charge in [-0.3, -0.25) is 0 Å². The molecule has 5 heteroatoms. The van der Waals surface area contributed by atoms with E-state index in [0.29, 0.717) is 12.0 Å². The Hall–Kier alpha value is -1.36. The first-order valence-corrected chi connectivity index (χ1v) is 7.18. The van der Waals surface area contributed by atoms with E-state index in [9.17, 15) is 0 Å². The van der Waals surface area contributed by atoms with Gasteiger partial charge in [-0.25, -0.2) is 9.97 Å². The summed E-state index contributed by atoms with van der Waals surface area (Å²) in [6.07, 6.45) is 4.12. The third-order valence-corrected chi connectivity index (χ3v) is 3.51. The summed E-state index contributed by atoms with van der Waals surface area (Å²) in [5.74, 6) is 2.61. The predicted octanol–water partition coefficient (Wildman–Crippen LogP) is 1.73. The zero-order chi connectivity index (χ0) is 13.7. The number of aromatic nitrogens is 2. The molecule has 0 bridgehead atoms. The monoisotopic (exact) mass is 263 g/mol. The summed E-state index contributed by atoms with van der Waals surface area (Å²) < 4.78 is 0. The molecule has 0 spiro atoms. The quantitative estimate of drug-likeness (QED) is 0.818. The molecule has 0 saturated carbocycles. The molecule has 1 aliphatic rings. The molecule has 2 heterocycles. The average Bonchev–Trinajstić information content (AvgIpc) is 2.87. The predicted molar refractivity (Wildman–Crippen MR) is 79.7 cm³/mol. The molecule has 1 aromatic heterocycles. The molecule has 1 aliphatic heterocycles. The zero-order valence-electron chi connectivity index (χ0n) is 12.2. The Morgan fingerprint density at radius 2 is 2.26 bits per heavy atom. The van der Waals surface area contributed by atoms with Crippen molar-refractivity contribution in [2.24, 2.45) is 5.92 Å². The number of hydrogen-bond donors (Lipinski definition) is 2.